The predicted molar refractivity (Wildman–Crippen MR) is 106 cm³/mol. The number of pyridine rings is 1. The molecule has 29 heavy (non-hydrogen) atoms. The molecule has 1 aromatic heterocycles. The van der Waals surface area contributed by atoms with Crippen molar-refractivity contribution >= 4 is 5.91 Å². The average molecular weight is 513 g/mol. The number of aliphatic hydroxyl groups is 1. The Hall–Kier alpha value is -1.61. The van der Waals surface area contributed by atoms with Gasteiger partial charge in [0.1, 0.15) is 0 Å². The van der Waals surface area contributed by atoms with Crippen molar-refractivity contribution in [2.75, 3.05) is 20.8 Å². The maximum absolute atomic E-state index is 13.3. The van der Waals surface area contributed by atoms with Crippen LogP contribution in [0.15, 0.2) is 48.2 Å². The first-order chi connectivity index (χ1) is 13.9. The molecule has 5 atom stereocenters. The van der Waals surface area contributed by atoms with Gasteiger partial charge >= 0.3 is 184 Å². The molecule has 4 unspecified atom stereocenters. The fraction of sp³-hybridized carbons (Fsp3) is 0.545. The molecule has 1 aliphatic heterocycles. The van der Waals surface area contributed by atoms with Gasteiger partial charge in [-0.15, -0.1) is 0 Å². The molecule has 1 amide bonds. The number of methoxy groups -OCH3 is 2. The molecule has 160 valence electrons. The molecular weight excluding hydrogens is 483 g/mol. The maximum atomic E-state index is 13.3. The molecule has 2 aliphatic rings. The Bertz CT molecular complexity index is 757. The third-order valence-corrected chi connectivity index (χ3v) is 8.55. The van der Waals surface area contributed by atoms with Gasteiger partial charge in [-0.25, -0.2) is 0 Å². The first-order valence-electron chi connectivity index (χ1n) is 9.96. The zero-order chi connectivity index (χ0) is 21.0. The summed E-state index contributed by atoms with van der Waals surface area (Å²) in [6.07, 6.45) is 7.69. The first-order valence-corrected chi connectivity index (χ1v) is 12.2. The minimum absolute atomic E-state index is 0.161. The van der Waals surface area contributed by atoms with Crippen LogP contribution in [0.25, 0.3) is 0 Å². The van der Waals surface area contributed by atoms with Crippen molar-refractivity contribution in [1.29, 1.82) is 0 Å². The summed E-state index contributed by atoms with van der Waals surface area (Å²) >= 11 is -0.311. The van der Waals surface area contributed by atoms with Crippen LogP contribution in [-0.4, -0.2) is 49.9 Å². The molecule has 1 N–H and O–H groups in total. The Balaban J connectivity index is 1.89. The number of nitrogens with zero attached hydrogens (tertiary/aromatic N) is 2. The minimum atomic E-state index is -0.809. The van der Waals surface area contributed by atoms with Crippen LogP contribution in [0.1, 0.15) is 38.2 Å². The van der Waals surface area contributed by atoms with Crippen LogP contribution in [-0.2, 0) is 14.3 Å². The van der Waals surface area contributed by atoms with Crippen molar-refractivity contribution in [2.45, 2.75) is 42.6 Å². The van der Waals surface area contributed by atoms with Gasteiger partial charge < -0.3 is 0 Å². The number of halogens is 1. The molecule has 1 aliphatic carbocycles. The topological polar surface area (TPSA) is 71.9 Å². The molecule has 1 aromatic rings. The quantitative estimate of drug-likeness (QED) is 0.326. The molecule has 7 heteroatoms. The molecule has 0 spiro atoms. The van der Waals surface area contributed by atoms with Gasteiger partial charge in [-0.3, -0.25) is 0 Å². The summed E-state index contributed by atoms with van der Waals surface area (Å²) in [5.41, 5.74) is 0.929. The van der Waals surface area contributed by atoms with E-state index in [9.17, 15) is 9.90 Å². The summed E-state index contributed by atoms with van der Waals surface area (Å²) < 4.78 is 13.6. The monoisotopic (exact) mass is 513 g/mol. The van der Waals surface area contributed by atoms with Crippen LogP contribution in [0.2, 0.25) is 0 Å². The van der Waals surface area contributed by atoms with E-state index in [4.69, 9.17) is 9.47 Å². The summed E-state index contributed by atoms with van der Waals surface area (Å²) in [7, 11) is 3.15. The van der Waals surface area contributed by atoms with E-state index < -0.39 is 6.10 Å². The summed E-state index contributed by atoms with van der Waals surface area (Å²) in [5.74, 6) is 1.27. The molecule has 0 bridgehead atoms. The van der Waals surface area contributed by atoms with Crippen LogP contribution < -0.4 is 21.5 Å². The van der Waals surface area contributed by atoms with E-state index in [1.165, 1.54) is 6.42 Å². The zero-order valence-corrected chi connectivity index (χ0v) is 19.6. The van der Waals surface area contributed by atoms with E-state index in [0.29, 0.717) is 27.8 Å². The number of carbonyl (C=O) groups excluding carboxylic acids is 1. The van der Waals surface area contributed by atoms with Gasteiger partial charge in [0, 0.05) is 0 Å². The molecule has 0 radical (unpaired) electrons. The molecule has 1 saturated heterocycles. The number of alkyl halides is 1. The van der Waals surface area contributed by atoms with Crippen molar-refractivity contribution in [3.8, 4) is 0 Å². The van der Waals surface area contributed by atoms with Gasteiger partial charge in [0.25, 0.3) is 0 Å². The number of rotatable bonds is 6. The summed E-state index contributed by atoms with van der Waals surface area (Å²) in [6, 6.07) is 3.84. The number of ether oxygens (including phenoxy) is 2. The number of allylic oxidation sites excluding steroid dienone is 1. The number of carbonyl (C=O) groups is 1. The number of hydrogen-bond acceptors (Lipinski definition) is 5. The second-order valence-corrected chi connectivity index (χ2v) is 11.6. The Morgan fingerprint density at radius 1 is 1.38 bits per heavy atom. The second kappa shape index (κ2) is 9.93. The molecule has 3 rings (SSSR count). The van der Waals surface area contributed by atoms with E-state index in [1.54, 1.807) is 38.8 Å². The SMILES string of the molecule is COC1=CC(O)C(C(CC(=O)N2CC(C)C[C@H](C)[I-]2)c2cccnc2)C(OC)=C1. The Labute approximate surface area is 183 Å². The Morgan fingerprint density at radius 3 is 2.79 bits per heavy atom. The average Bonchev–Trinajstić information content (AvgIpc) is 2.71. The third kappa shape index (κ3) is 5.31. The van der Waals surface area contributed by atoms with Gasteiger partial charge in [-0.1, -0.05) is 0 Å². The standard InChI is InChI=1S/C22H30IN2O4/c1-14-8-15(2)23-25(13-14)21(27)11-18(16-6-5-7-24-12-16)22-19(26)9-17(28-3)10-20(22)29-4/h5-7,9-10,12,14-15,18-19,22,26H,8,11,13H2,1-4H3/q-1/t14?,15-,18?,19?,22?/m0/s1. The molecule has 6 nitrogen and oxygen atoms in total. The van der Waals surface area contributed by atoms with Crippen molar-refractivity contribution in [3.05, 3.63) is 53.8 Å². The molecule has 0 saturated carbocycles. The Kier molecular flexibility index (Phi) is 7.56. The van der Waals surface area contributed by atoms with E-state index in [2.05, 4.69) is 21.9 Å². The first kappa shape index (κ1) is 22.1. The fourth-order valence-electron chi connectivity index (χ4n) is 4.16. The molecule has 1 fully saturated rings. The van der Waals surface area contributed by atoms with Crippen molar-refractivity contribution < 1.29 is 40.9 Å². The number of hydrogen-bond donors (Lipinski definition) is 1. The third-order valence-electron chi connectivity index (χ3n) is 5.48. The number of amides is 1. The van der Waals surface area contributed by atoms with E-state index in [0.717, 1.165) is 12.1 Å². The van der Waals surface area contributed by atoms with Crippen LogP contribution in [0.5, 0.6) is 0 Å². The van der Waals surface area contributed by atoms with Crippen LogP contribution in [0.4, 0.5) is 0 Å². The van der Waals surface area contributed by atoms with E-state index in [1.807, 2.05) is 12.1 Å². The van der Waals surface area contributed by atoms with Crippen LogP contribution >= 0.6 is 0 Å². The number of aliphatic hydroxyl groups excluding tert-OH is 1. The summed E-state index contributed by atoms with van der Waals surface area (Å²) in [5, 5.41) is 10.9. The van der Waals surface area contributed by atoms with Crippen LogP contribution in [0.3, 0.4) is 0 Å². The van der Waals surface area contributed by atoms with E-state index >= 15 is 0 Å². The molecule has 0 aromatic carbocycles. The zero-order valence-electron chi connectivity index (χ0n) is 17.4. The van der Waals surface area contributed by atoms with Gasteiger partial charge in [-0.2, -0.15) is 0 Å². The second-order valence-electron chi connectivity index (χ2n) is 7.80. The van der Waals surface area contributed by atoms with Gasteiger partial charge in [0.05, 0.1) is 0 Å². The fourth-order valence-corrected chi connectivity index (χ4v) is 7.81. The van der Waals surface area contributed by atoms with Crippen molar-refractivity contribution in [3.63, 3.8) is 0 Å². The van der Waals surface area contributed by atoms with Crippen LogP contribution in [0, 0.1) is 11.8 Å². The molecule has 2 heterocycles. The summed E-state index contributed by atoms with van der Waals surface area (Å²) in [6.45, 7) is 5.30. The number of aromatic nitrogens is 1. The van der Waals surface area contributed by atoms with E-state index in [-0.39, 0.29) is 39.2 Å². The van der Waals surface area contributed by atoms with Gasteiger partial charge in [-0.05, 0) is 0 Å². The van der Waals surface area contributed by atoms with Gasteiger partial charge in [0.15, 0.2) is 0 Å². The predicted octanol–water partition coefficient (Wildman–Crippen LogP) is -0.132. The van der Waals surface area contributed by atoms with Crippen molar-refractivity contribution in [2.24, 2.45) is 11.8 Å². The Morgan fingerprint density at radius 2 is 2.17 bits per heavy atom. The molecular formula is C22H30IN2O4-. The normalized spacial score (nSPS) is 28.5. The van der Waals surface area contributed by atoms with Crippen molar-refractivity contribution in [1.82, 2.24) is 8.10 Å². The summed E-state index contributed by atoms with van der Waals surface area (Å²) in [4.78, 5) is 17.5. The van der Waals surface area contributed by atoms with Gasteiger partial charge in [0.2, 0.25) is 0 Å².